The molecule has 1 aromatic carbocycles. The number of fused-ring (bicyclic) bond motifs is 1. The predicted molar refractivity (Wildman–Crippen MR) is 106 cm³/mol. The van der Waals surface area contributed by atoms with Gasteiger partial charge >= 0.3 is 6.18 Å². The van der Waals surface area contributed by atoms with Crippen LogP contribution in [0.5, 0.6) is 0 Å². The van der Waals surface area contributed by atoms with E-state index in [4.69, 9.17) is 5.73 Å². The van der Waals surface area contributed by atoms with E-state index >= 15 is 0 Å². The molecule has 0 bridgehead atoms. The first-order valence-corrected chi connectivity index (χ1v) is 9.67. The molecule has 0 aliphatic heterocycles. The zero-order chi connectivity index (χ0) is 21.8. The summed E-state index contributed by atoms with van der Waals surface area (Å²) >= 11 is 0.748. The molecule has 0 unspecified atom stereocenters. The van der Waals surface area contributed by atoms with E-state index in [-0.39, 0.29) is 11.6 Å². The molecule has 0 aliphatic rings. The lowest BCUT2D eigenvalue weighted by Gasteiger charge is -2.28. The number of halogens is 3. The van der Waals surface area contributed by atoms with Crippen LogP contribution in [0.15, 0.2) is 30.3 Å². The minimum atomic E-state index is -5.10. The molecule has 156 valence electrons. The van der Waals surface area contributed by atoms with Crippen LogP contribution in [0, 0.1) is 20.8 Å². The van der Waals surface area contributed by atoms with Gasteiger partial charge in [-0.3, -0.25) is 0 Å². The number of aryl methyl sites for hydroxylation is 3. The van der Waals surface area contributed by atoms with Gasteiger partial charge in [-0.2, -0.15) is 23.0 Å². The monoisotopic (exact) mass is 434 g/mol. The molecule has 0 spiro atoms. The first-order valence-electron chi connectivity index (χ1n) is 8.85. The van der Waals surface area contributed by atoms with Crippen LogP contribution in [0.4, 0.5) is 19.0 Å². The Morgan fingerprint density at radius 3 is 2.27 bits per heavy atom. The summed E-state index contributed by atoms with van der Waals surface area (Å²) in [6.07, 6.45) is -5.10. The van der Waals surface area contributed by atoms with E-state index in [1.165, 1.54) is 6.92 Å². The molecule has 3 heterocycles. The van der Waals surface area contributed by atoms with Crippen LogP contribution in [0.1, 0.15) is 27.7 Å². The van der Waals surface area contributed by atoms with E-state index in [0.29, 0.717) is 21.6 Å². The van der Waals surface area contributed by atoms with Crippen molar-refractivity contribution < 1.29 is 18.3 Å². The van der Waals surface area contributed by atoms with Crippen molar-refractivity contribution in [1.82, 2.24) is 24.7 Å². The number of aromatic nitrogens is 5. The van der Waals surface area contributed by atoms with Crippen molar-refractivity contribution in [2.24, 2.45) is 0 Å². The molecule has 1 atom stereocenters. The Bertz CT molecular complexity index is 1210. The summed E-state index contributed by atoms with van der Waals surface area (Å²) in [6.45, 7) is 4.78. The van der Waals surface area contributed by atoms with Crippen LogP contribution in [0.2, 0.25) is 0 Å². The molecule has 30 heavy (non-hydrogen) atoms. The average Bonchev–Trinajstić information content (AvgIpc) is 3.20. The van der Waals surface area contributed by atoms with Gasteiger partial charge in [0.25, 0.3) is 5.95 Å². The number of alkyl halides is 3. The number of thiazole rings is 1. The second kappa shape index (κ2) is 6.74. The number of para-hydroxylation sites is 1. The zero-order valence-corrected chi connectivity index (χ0v) is 17.0. The first-order chi connectivity index (χ1) is 14.0. The number of hydrogen-bond acceptors (Lipinski definition) is 7. The van der Waals surface area contributed by atoms with Gasteiger partial charge in [-0.1, -0.05) is 12.1 Å². The van der Waals surface area contributed by atoms with Gasteiger partial charge in [-0.05, 0) is 39.0 Å². The molecular weight excluding hydrogens is 417 g/mol. The lowest BCUT2D eigenvalue weighted by atomic mass is 9.93. The van der Waals surface area contributed by atoms with Gasteiger partial charge < -0.3 is 10.8 Å². The molecule has 3 N–H and O–H groups in total. The average molecular weight is 434 g/mol. The number of anilines is 1. The topological polar surface area (TPSA) is 103 Å². The van der Waals surface area contributed by atoms with E-state index in [9.17, 15) is 18.3 Å². The van der Waals surface area contributed by atoms with E-state index in [1.807, 2.05) is 0 Å². The maximum atomic E-state index is 14.3. The summed E-state index contributed by atoms with van der Waals surface area (Å²) in [7, 11) is 0. The summed E-state index contributed by atoms with van der Waals surface area (Å²) in [5.74, 6) is -0.384. The second-order valence-electron chi connectivity index (χ2n) is 6.90. The highest BCUT2D eigenvalue weighted by atomic mass is 32.1. The second-order valence-corrected chi connectivity index (χ2v) is 7.93. The van der Waals surface area contributed by atoms with Crippen molar-refractivity contribution >= 4 is 27.4 Å². The minimum Gasteiger partial charge on any atom is -0.383 e. The summed E-state index contributed by atoms with van der Waals surface area (Å²) < 4.78 is 44.4. The van der Waals surface area contributed by atoms with Crippen molar-refractivity contribution in [2.75, 3.05) is 5.73 Å². The largest absolute Gasteiger partial charge is 0.428 e. The SMILES string of the molecule is Cc1cc(C)nc(-n2nc(C)c([C@](O)(c3nc4ccccc4s3)C(F)(F)F)c2N)n1. The molecule has 0 aliphatic carbocycles. The Balaban J connectivity index is 1.98. The standard InChI is InChI=1S/C19H17F3N6OS/c1-9-8-10(2)25-17(24-9)28-15(23)14(11(3)27-28)18(29,19(20,21)22)16-26-12-6-4-5-7-13(12)30-16/h4-8,29H,23H2,1-3H3/t18-/m0/s1. The Morgan fingerprint density at radius 2 is 1.67 bits per heavy atom. The number of hydrogen-bond donors (Lipinski definition) is 2. The highest BCUT2D eigenvalue weighted by Gasteiger charge is 2.61. The number of benzene rings is 1. The molecule has 0 fully saturated rings. The van der Waals surface area contributed by atoms with Crippen LogP contribution in [-0.4, -0.2) is 36.0 Å². The fraction of sp³-hybridized carbons (Fsp3) is 0.263. The molecule has 0 saturated heterocycles. The molecular formula is C19H17F3N6OS. The molecule has 4 rings (SSSR count). The van der Waals surface area contributed by atoms with Crippen molar-refractivity contribution in [1.29, 1.82) is 0 Å². The molecule has 0 radical (unpaired) electrons. The number of nitrogens with two attached hydrogens (primary N) is 1. The van der Waals surface area contributed by atoms with Gasteiger partial charge in [0.1, 0.15) is 10.8 Å². The van der Waals surface area contributed by atoms with Crippen LogP contribution in [0.25, 0.3) is 16.2 Å². The number of nitrogen functional groups attached to an aromatic ring is 1. The quantitative estimate of drug-likeness (QED) is 0.511. The summed E-state index contributed by atoms with van der Waals surface area (Å²) in [4.78, 5) is 12.5. The van der Waals surface area contributed by atoms with E-state index in [1.54, 1.807) is 44.2 Å². The van der Waals surface area contributed by atoms with Gasteiger partial charge in [0, 0.05) is 11.4 Å². The van der Waals surface area contributed by atoms with Gasteiger partial charge in [0.15, 0.2) is 0 Å². The Morgan fingerprint density at radius 1 is 1.03 bits per heavy atom. The number of aliphatic hydroxyl groups is 1. The maximum Gasteiger partial charge on any atom is 0.428 e. The van der Waals surface area contributed by atoms with Crippen LogP contribution in [-0.2, 0) is 5.60 Å². The lowest BCUT2D eigenvalue weighted by Crippen LogP contribution is -2.44. The third-order valence-corrected chi connectivity index (χ3v) is 5.78. The molecule has 0 amide bonds. The van der Waals surface area contributed by atoms with E-state index in [0.717, 1.165) is 16.0 Å². The Hall–Kier alpha value is -3.05. The van der Waals surface area contributed by atoms with Gasteiger partial charge in [0.05, 0.1) is 21.5 Å². The number of nitrogens with zero attached hydrogens (tertiary/aromatic N) is 5. The van der Waals surface area contributed by atoms with Gasteiger partial charge in [0.2, 0.25) is 5.60 Å². The van der Waals surface area contributed by atoms with Gasteiger partial charge in [-0.15, -0.1) is 11.3 Å². The summed E-state index contributed by atoms with van der Waals surface area (Å²) in [6, 6.07) is 8.27. The first kappa shape index (κ1) is 20.2. The third-order valence-electron chi connectivity index (χ3n) is 4.63. The zero-order valence-electron chi connectivity index (χ0n) is 16.2. The Labute approximate surface area is 173 Å². The highest BCUT2D eigenvalue weighted by molar-refractivity contribution is 7.18. The number of rotatable bonds is 3. The predicted octanol–water partition coefficient (Wildman–Crippen LogP) is 3.58. The van der Waals surface area contributed by atoms with Crippen LogP contribution >= 0.6 is 11.3 Å². The normalized spacial score (nSPS) is 14.2. The third kappa shape index (κ3) is 3.01. The van der Waals surface area contributed by atoms with E-state index in [2.05, 4.69) is 20.1 Å². The summed E-state index contributed by atoms with van der Waals surface area (Å²) in [5, 5.41) is 14.6. The molecule has 3 aromatic heterocycles. The van der Waals surface area contributed by atoms with Crippen LogP contribution < -0.4 is 5.73 Å². The summed E-state index contributed by atoms with van der Waals surface area (Å²) in [5.41, 5.74) is 3.51. The Kier molecular flexibility index (Phi) is 4.55. The molecule has 11 heteroatoms. The van der Waals surface area contributed by atoms with Crippen LogP contribution in [0.3, 0.4) is 0 Å². The minimum absolute atomic E-state index is 0.0215. The molecule has 4 aromatic rings. The van der Waals surface area contributed by atoms with Crippen molar-refractivity contribution in [3.05, 3.63) is 58.0 Å². The smallest absolute Gasteiger partial charge is 0.383 e. The molecule has 7 nitrogen and oxygen atoms in total. The molecule has 0 saturated carbocycles. The van der Waals surface area contributed by atoms with Crippen molar-refractivity contribution in [3.8, 4) is 5.95 Å². The lowest BCUT2D eigenvalue weighted by molar-refractivity contribution is -0.248. The highest BCUT2D eigenvalue weighted by Crippen LogP contribution is 2.49. The van der Waals surface area contributed by atoms with Gasteiger partial charge in [-0.25, -0.2) is 15.0 Å². The van der Waals surface area contributed by atoms with E-state index < -0.39 is 28.2 Å². The van der Waals surface area contributed by atoms with Crippen molar-refractivity contribution in [3.63, 3.8) is 0 Å². The fourth-order valence-corrected chi connectivity index (χ4v) is 4.43. The fourth-order valence-electron chi connectivity index (χ4n) is 3.34. The maximum absolute atomic E-state index is 14.3. The van der Waals surface area contributed by atoms with Crippen molar-refractivity contribution in [2.45, 2.75) is 32.5 Å².